The fourth-order valence-electron chi connectivity index (χ4n) is 1.99. The summed E-state index contributed by atoms with van der Waals surface area (Å²) < 4.78 is 17.2. The van der Waals surface area contributed by atoms with E-state index in [1.807, 2.05) is 24.3 Å². The minimum Gasteiger partial charge on any atom is -0.493 e. The maximum absolute atomic E-state index is 5.34. The Kier molecular flexibility index (Phi) is 5.65. The average Bonchev–Trinajstić information content (AvgIpc) is 2.54. The zero-order valence-corrected chi connectivity index (χ0v) is 15.2. The van der Waals surface area contributed by atoms with Crippen LogP contribution in [0.25, 0.3) is 0 Å². The first-order valence-electron chi connectivity index (χ1n) is 6.69. The van der Waals surface area contributed by atoms with Gasteiger partial charge in [0, 0.05) is 15.3 Å². The second-order valence-corrected chi connectivity index (χ2v) is 5.81. The highest BCUT2D eigenvalue weighted by molar-refractivity contribution is 14.1. The van der Waals surface area contributed by atoms with Crippen molar-refractivity contribution in [3.63, 3.8) is 0 Å². The number of hydrogen-bond donors (Lipinski definition) is 0. The average molecular weight is 411 g/mol. The number of halogens is 1. The Morgan fingerprint density at radius 3 is 2.09 bits per heavy atom. The van der Waals surface area contributed by atoms with E-state index in [9.17, 15) is 0 Å². The number of rotatable bonds is 5. The molecule has 0 saturated heterocycles. The fraction of sp³-hybridized carbons (Fsp3) is 0.235. The maximum Gasteiger partial charge on any atom is 0.203 e. The van der Waals surface area contributed by atoms with Crippen LogP contribution in [0, 0.1) is 10.5 Å². The predicted molar refractivity (Wildman–Crippen MR) is 97.2 cm³/mol. The second-order valence-electron chi connectivity index (χ2n) is 4.65. The van der Waals surface area contributed by atoms with Crippen LogP contribution in [0.15, 0.2) is 35.3 Å². The molecule has 4 nitrogen and oxygen atoms in total. The van der Waals surface area contributed by atoms with Gasteiger partial charge in [0.05, 0.1) is 27.0 Å². The molecule has 0 fully saturated rings. The summed E-state index contributed by atoms with van der Waals surface area (Å²) >= 11 is 2.31. The molecule has 0 spiro atoms. The van der Waals surface area contributed by atoms with Gasteiger partial charge < -0.3 is 14.2 Å². The number of nitrogens with zero attached hydrogens (tertiary/aromatic N) is 1. The molecule has 0 saturated carbocycles. The zero-order valence-electron chi connectivity index (χ0n) is 13.0. The van der Waals surface area contributed by atoms with Crippen LogP contribution < -0.4 is 14.2 Å². The molecular formula is C17H18INO3. The largest absolute Gasteiger partial charge is 0.493 e. The van der Waals surface area contributed by atoms with E-state index in [2.05, 4.69) is 40.6 Å². The molecule has 0 radical (unpaired) electrons. The molecule has 2 aromatic carbocycles. The lowest BCUT2D eigenvalue weighted by molar-refractivity contribution is 0.324. The number of aryl methyl sites for hydroxylation is 1. The van der Waals surface area contributed by atoms with Gasteiger partial charge in [-0.05, 0) is 59.3 Å². The second kappa shape index (κ2) is 7.49. The van der Waals surface area contributed by atoms with Crippen molar-refractivity contribution in [2.24, 2.45) is 4.99 Å². The van der Waals surface area contributed by atoms with E-state index in [4.69, 9.17) is 14.2 Å². The Morgan fingerprint density at radius 1 is 0.955 bits per heavy atom. The van der Waals surface area contributed by atoms with Gasteiger partial charge in [-0.25, -0.2) is 0 Å². The van der Waals surface area contributed by atoms with Crippen molar-refractivity contribution in [2.45, 2.75) is 6.92 Å². The van der Waals surface area contributed by atoms with Crippen molar-refractivity contribution in [1.82, 2.24) is 0 Å². The van der Waals surface area contributed by atoms with Gasteiger partial charge >= 0.3 is 0 Å². The van der Waals surface area contributed by atoms with E-state index in [0.717, 1.165) is 11.3 Å². The molecule has 0 atom stereocenters. The molecule has 0 bridgehead atoms. The molecule has 0 unspecified atom stereocenters. The van der Waals surface area contributed by atoms with Crippen molar-refractivity contribution < 1.29 is 14.2 Å². The summed E-state index contributed by atoms with van der Waals surface area (Å²) in [5, 5.41) is 0. The summed E-state index contributed by atoms with van der Waals surface area (Å²) in [5.74, 6) is 1.80. The number of aliphatic imine (C=N–C) groups is 1. The fourth-order valence-corrected chi connectivity index (χ4v) is 2.49. The summed E-state index contributed by atoms with van der Waals surface area (Å²) in [7, 11) is 4.78. The van der Waals surface area contributed by atoms with Crippen LogP contribution in [0.5, 0.6) is 17.2 Å². The van der Waals surface area contributed by atoms with E-state index in [1.54, 1.807) is 27.5 Å². The maximum atomic E-state index is 5.34. The molecule has 0 amide bonds. The minimum atomic E-state index is 0.576. The summed E-state index contributed by atoms with van der Waals surface area (Å²) in [6, 6.07) is 9.83. The predicted octanol–water partition coefficient (Wildman–Crippen LogP) is 4.38. The molecule has 0 aliphatic heterocycles. The van der Waals surface area contributed by atoms with Gasteiger partial charge in [0.15, 0.2) is 11.5 Å². The first-order valence-corrected chi connectivity index (χ1v) is 7.77. The molecule has 22 heavy (non-hydrogen) atoms. The number of ether oxygens (including phenoxy) is 3. The molecular weight excluding hydrogens is 393 g/mol. The minimum absolute atomic E-state index is 0.576. The quantitative estimate of drug-likeness (QED) is 0.542. The van der Waals surface area contributed by atoms with Crippen molar-refractivity contribution in [3.8, 4) is 17.2 Å². The highest BCUT2D eigenvalue weighted by Gasteiger charge is 2.12. The van der Waals surface area contributed by atoms with Crippen LogP contribution in [-0.4, -0.2) is 27.5 Å². The van der Waals surface area contributed by atoms with Crippen LogP contribution in [-0.2, 0) is 0 Å². The Hall–Kier alpha value is -1.76. The van der Waals surface area contributed by atoms with Gasteiger partial charge in [0.2, 0.25) is 5.75 Å². The Morgan fingerprint density at radius 2 is 1.59 bits per heavy atom. The van der Waals surface area contributed by atoms with E-state index in [1.165, 1.54) is 9.13 Å². The molecule has 2 aromatic rings. The standard InChI is InChI=1S/C17H18INO3/c1-11-5-6-13(9-14(11)18)19-10-12-7-15(20-2)17(22-4)16(8-12)21-3/h5-10H,1-4H3. The molecule has 0 heterocycles. The van der Waals surface area contributed by atoms with Gasteiger partial charge in [-0.1, -0.05) is 6.07 Å². The van der Waals surface area contributed by atoms with Gasteiger partial charge in [-0.15, -0.1) is 0 Å². The summed E-state index contributed by atoms with van der Waals surface area (Å²) in [6.45, 7) is 2.08. The Balaban J connectivity index is 2.36. The highest BCUT2D eigenvalue weighted by atomic mass is 127. The SMILES string of the molecule is COc1cc(C=Nc2ccc(C)c(I)c2)cc(OC)c1OC. The Labute approximate surface area is 144 Å². The molecule has 0 aliphatic rings. The third-order valence-electron chi connectivity index (χ3n) is 3.21. The highest BCUT2D eigenvalue weighted by Crippen LogP contribution is 2.37. The monoisotopic (exact) mass is 411 g/mol. The zero-order chi connectivity index (χ0) is 16.1. The Bertz CT molecular complexity index is 673. The molecule has 5 heteroatoms. The van der Waals surface area contributed by atoms with Crippen molar-refractivity contribution in [2.75, 3.05) is 21.3 Å². The van der Waals surface area contributed by atoms with Crippen molar-refractivity contribution >= 4 is 34.5 Å². The number of benzene rings is 2. The summed E-state index contributed by atoms with van der Waals surface area (Å²) in [4.78, 5) is 4.50. The van der Waals surface area contributed by atoms with Gasteiger partial charge in [0.25, 0.3) is 0 Å². The first kappa shape index (κ1) is 16.6. The molecule has 116 valence electrons. The first-order chi connectivity index (χ1) is 10.6. The smallest absolute Gasteiger partial charge is 0.203 e. The molecule has 0 N–H and O–H groups in total. The lowest BCUT2D eigenvalue weighted by Crippen LogP contribution is -1.96. The van der Waals surface area contributed by atoms with E-state index < -0.39 is 0 Å². The van der Waals surface area contributed by atoms with E-state index in [-0.39, 0.29) is 0 Å². The normalized spacial score (nSPS) is 10.8. The lowest BCUT2D eigenvalue weighted by atomic mass is 10.2. The lowest BCUT2D eigenvalue weighted by Gasteiger charge is -2.12. The number of methoxy groups -OCH3 is 3. The molecule has 0 aliphatic carbocycles. The third-order valence-corrected chi connectivity index (χ3v) is 4.37. The number of hydrogen-bond acceptors (Lipinski definition) is 4. The molecule has 0 aromatic heterocycles. The van der Waals surface area contributed by atoms with Crippen LogP contribution in [0.1, 0.15) is 11.1 Å². The third kappa shape index (κ3) is 3.71. The van der Waals surface area contributed by atoms with Crippen LogP contribution in [0.3, 0.4) is 0 Å². The van der Waals surface area contributed by atoms with Gasteiger partial charge in [-0.3, -0.25) is 4.99 Å². The molecule has 2 rings (SSSR count). The van der Waals surface area contributed by atoms with E-state index in [0.29, 0.717) is 17.2 Å². The van der Waals surface area contributed by atoms with E-state index >= 15 is 0 Å². The van der Waals surface area contributed by atoms with Crippen molar-refractivity contribution in [1.29, 1.82) is 0 Å². The van der Waals surface area contributed by atoms with Crippen LogP contribution in [0.2, 0.25) is 0 Å². The topological polar surface area (TPSA) is 40.0 Å². The van der Waals surface area contributed by atoms with Crippen LogP contribution >= 0.6 is 22.6 Å². The van der Waals surface area contributed by atoms with Crippen molar-refractivity contribution in [3.05, 3.63) is 45.0 Å². The summed E-state index contributed by atoms with van der Waals surface area (Å²) in [5.41, 5.74) is 3.03. The summed E-state index contributed by atoms with van der Waals surface area (Å²) in [6.07, 6.45) is 1.78. The van der Waals surface area contributed by atoms with Crippen LogP contribution in [0.4, 0.5) is 5.69 Å². The van der Waals surface area contributed by atoms with Gasteiger partial charge in [0.1, 0.15) is 0 Å². The van der Waals surface area contributed by atoms with Gasteiger partial charge in [-0.2, -0.15) is 0 Å².